The van der Waals surface area contributed by atoms with Crippen molar-refractivity contribution in [3.8, 4) is 0 Å². The minimum atomic E-state index is -0.802. The number of ether oxygens (including phenoxy) is 1. The minimum absolute atomic E-state index is 0.188. The Balaban J connectivity index is 3.67. The van der Waals surface area contributed by atoms with Gasteiger partial charge in [-0.25, -0.2) is 9.48 Å². The van der Waals surface area contributed by atoms with Crippen molar-refractivity contribution in [2.45, 2.75) is 20.4 Å². The molecule has 1 rings (SSSR count). The molecule has 0 amide bonds. The Morgan fingerprint density at radius 1 is 1.47 bits per heavy atom. The Hall–Kier alpha value is -2.18. The van der Waals surface area contributed by atoms with Crippen LogP contribution in [0.2, 0.25) is 0 Å². The van der Waals surface area contributed by atoms with Gasteiger partial charge in [0.15, 0.2) is 11.5 Å². The van der Waals surface area contributed by atoms with Crippen LogP contribution in [0.3, 0.4) is 0 Å². The number of Topliss-reactive ketones (excluding diaryl/α,β-unsaturated/α-hetero) is 1. The third kappa shape index (κ3) is 2.17. The SMILES string of the molecule is CCn1nc(C(=O)OC)c(C(C)=O)c(N)c1=O. The number of aromatic nitrogens is 2. The van der Waals surface area contributed by atoms with E-state index in [0.717, 1.165) is 11.8 Å². The molecule has 0 aliphatic carbocycles. The van der Waals surface area contributed by atoms with E-state index in [4.69, 9.17) is 5.73 Å². The molecule has 0 bridgehead atoms. The van der Waals surface area contributed by atoms with Crippen molar-refractivity contribution in [1.29, 1.82) is 0 Å². The second-order valence-corrected chi connectivity index (χ2v) is 3.31. The molecule has 7 heteroatoms. The number of anilines is 1. The number of nitrogens with two attached hydrogens (primary N) is 1. The van der Waals surface area contributed by atoms with Crippen molar-refractivity contribution < 1.29 is 14.3 Å². The maximum Gasteiger partial charge on any atom is 0.359 e. The number of methoxy groups -OCH3 is 1. The third-order valence-electron chi connectivity index (χ3n) is 2.22. The summed E-state index contributed by atoms with van der Waals surface area (Å²) in [4.78, 5) is 34.5. The predicted octanol–water partition coefficient (Wildman–Crippen LogP) is -0.165. The van der Waals surface area contributed by atoms with E-state index in [9.17, 15) is 14.4 Å². The highest BCUT2D eigenvalue weighted by Gasteiger charge is 2.23. The fourth-order valence-corrected chi connectivity index (χ4v) is 1.40. The van der Waals surface area contributed by atoms with Gasteiger partial charge in [0.05, 0.1) is 12.7 Å². The zero-order valence-electron chi connectivity index (χ0n) is 9.81. The molecule has 0 aliphatic rings. The van der Waals surface area contributed by atoms with Crippen LogP contribution in [0, 0.1) is 0 Å². The fourth-order valence-electron chi connectivity index (χ4n) is 1.40. The minimum Gasteiger partial charge on any atom is -0.464 e. The average molecular weight is 239 g/mol. The number of carbonyl (C=O) groups excluding carboxylic acids is 2. The monoisotopic (exact) mass is 239 g/mol. The first kappa shape index (κ1) is 12.9. The second kappa shape index (κ2) is 4.77. The standard InChI is InChI=1S/C10H13N3O4/c1-4-13-9(15)7(11)6(5(2)14)8(12-13)10(16)17-3/h4,11H2,1-3H3. The molecule has 0 aromatic carbocycles. The van der Waals surface area contributed by atoms with Gasteiger partial charge in [0.1, 0.15) is 5.69 Å². The van der Waals surface area contributed by atoms with Gasteiger partial charge in [-0.2, -0.15) is 5.10 Å². The molecule has 1 heterocycles. The van der Waals surface area contributed by atoms with Gasteiger partial charge in [0.2, 0.25) is 0 Å². The van der Waals surface area contributed by atoms with Crippen molar-refractivity contribution >= 4 is 17.4 Å². The molecule has 0 radical (unpaired) electrons. The first-order chi connectivity index (χ1) is 7.93. The van der Waals surface area contributed by atoms with E-state index in [2.05, 4.69) is 9.84 Å². The summed E-state index contributed by atoms with van der Waals surface area (Å²) in [5, 5.41) is 3.77. The molecule has 0 aliphatic heterocycles. The Labute approximate surface area is 97.2 Å². The van der Waals surface area contributed by atoms with Crippen molar-refractivity contribution in [3.05, 3.63) is 21.6 Å². The Kier molecular flexibility index (Phi) is 3.62. The molecule has 1 aromatic heterocycles. The van der Waals surface area contributed by atoms with Crippen molar-refractivity contribution in [3.63, 3.8) is 0 Å². The molecule has 0 unspecified atom stereocenters. The smallest absolute Gasteiger partial charge is 0.359 e. The first-order valence-corrected chi connectivity index (χ1v) is 4.93. The molecule has 17 heavy (non-hydrogen) atoms. The molecule has 2 N–H and O–H groups in total. The van der Waals surface area contributed by atoms with Gasteiger partial charge in [-0.05, 0) is 13.8 Å². The molecular weight excluding hydrogens is 226 g/mol. The van der Waals surface area contributed by atoms with E-state index < -0.39 is 17.3 Å². The second-order valence-electron chi connectivity index (χ2n) is 3.31. The molecule has 0 saturated carbocycles. The number of hydrogen-bond donors (Lipinski definition) is 1. The molecule has 0 fully saturated rings. The summed E-state index contributed by atoms with van der Waals surface area (Å²) < 4.78 is 5.50. The summed E-state index contributed by atoms with van der Waals surface area (Å²) in [6.45, 7) is 3.11. The van der Waals surface area contributed by atoms with E-state index in [0.29, 0.717) is 0 Å². The van der Waals surface area contributed by atoms with E-state index >= 15 is 0 Å². The van der Waals surface area contributed by atoms with Gasteiger partial charge in [-0.3, -0.25) is 9.59 Å². The Morgan fingerprint density at radius 3 is 2.47 bits per heavy atom. The Morgan fingerprint density at radius 2 is 2.06 bits per heavy atom. The number of carbonyl (C=O) groups is 2. The summed E-state index contributed by atoms with van der Waals surface area (Å²) in [5.41, 5.74) is 4.25. The number of rotatable bonds is 3. The average Bonchev–Trinajstić information content (AvgIpc) is 2.30. The van der Waals surface area contributed by atoms with Crippen LogP contribution < -0.4 is 11.3 Å². The first-order valence-electron chi connectivity index (χ1n) is 4.93. The highest BCUT2D eigenvalue weighted by Crippen LogP contribution is 2.12. The summed E-state index contributed by atoms with van der Waals surface area (Å²) in [5.74, 6) is -1.31. The largest absolute Gasteiger partial charge is 0.464 e. The lowest BCUT2D eigenvalue weighted by atomic mass is 10.1. The molecule has 0 saturated heterocycles. The van der Waals surface area contributed by atoms with Gasteiger partial charge in [0.25, 0.3) is 5.56 Å². The lowest BCUT2D eigenvalue weighted by Crippen LogP contribution is -2.31. The zero-order chi connectivity index (χ0) is 13.2. The Bertz CT molecular complexity index is 533. The predicted molar refractivity (Wildman–Crippen MR) is 59.9 cm³/mol. The highest BCUT2D eigenvalue weighted by atomic mass is 16.5. The summed E-state index contributed by atoms with van der Waals surface area (Å²) in [6, 6.07) is 0. The van der Waals surface area contributed by atoms with Crippen molar-refractivity contribution in [2.24, 2.45) is 0 Å². The molecule has 1 aromatic rings. The zero-order valence-corrected chi connectivity index (χ0v) is 9.81. The topological polar surface area (TPSA) is 104 Å². The number of hydrogen-bond acceptors (Lipinski definition) is 6. The maximum absolute atomic E-state index is 11.7. The number of ketones is 1. The quantitative estimate of drug-likeness (QED) is 0.580. The van der Waals surface area contributed by atoms with Crippen LogP contribution in [-0.2, 0) is 11.3 Å². The summed E-state index contributed by atoms with van der Waals surface area (Å²) >= 11 is 0. The van der Waals surface area contributed by atoms with Crippen LogP contribution in [0.1, 0.15) is 34.7 Å². The molecular formula is C10H13N3O4. The van der Waals surface area contributed by atoms with Crippen LogP contribution in [0.25, 0.3) is 0 Å². The van der Waals surface area contributed by atoms with E-state index in [-0.39, 0.29) is 23.5 Å². The highest BCUT2D eigenvalue weighted by molar-refractivity contribution is 6.07. The number of aryl methyl sites for hydroxylation is 1. The van der Waals surface area contributed by atoms with Crippen LogP contribution in [0.15, 0.2) is 4.79 Å². The summed E-state index contributed by atoms with van der Waals surface area (Å²) in [6.07, 6.45) is 0. The molecule has 0 spiro atoms. The molecule has 92 valence electrons. The third-order valence-corrected chi connectivity index (χ3v) is 2.22. The number of esters is 1. The van der Waals surface area contributed by atoms with E-state index in [1.165, 1.54) is 6.92 Å². The normalized spacial score (nSPS) is 10.1. The van der Waals surface area contributed by atoms with Crippen molar-refractivity contribution in [1.82, 2.24) is 9.78 Å². The number of nitrogen functional groups attached to an aromatic ring is 1. The van der Waals surface area contributed by atoms with E-state index in [1.807, 2.05) is 0 Å². The maximum atomic E-state index is 11.7. The van der Waals surface area contributed by atoms with Gasteiger partial charge in [-0.15, -0.1) is 0 Å². The lowest BCUT2D eigenvalue weighted by molar-refractivity contribution is 0.0587. The van der Waals surface area contributed by atoms with E-state index in [1.54, 1.807) is 6.92 Å². The van der Waals surface area contributed by atoms with Crippen LogP contribution in [-0.4, -0.2) is 28.6 Å². The van der Waals surface area contributed by atoms with Crippen LogP contribution in [0.4, 0.5) is 5.69 Å². The van der Waals surface area contributed by atoms with Gasteiger partial charge < -0.3 is 10.5 Å². The lowest BCUT2D eigenvalue weighted by Gasteiger charge is -2.10. The molecule has 7 nitrogen and oxygen atoms in total. The van der Waals surface area contributed by atoms with Crippen molar-refractivity contribution in [2.75, 3.05) is 12.8 Å². The fraction of sp³-hybridized carbons (Fsp3) is 0.400. The van der Waals surface area contributed by atoms with Gasteiger partial charge in [0, 0.05) is 6.54 Å². The van der Waals surface area contributed by atoms with Gasteiger partial charge >= 0.3 is 5.97 Å². The van der Waals surface area contributed by atoms with Crippen LogP contribution in [0.5, 0.6) is 0 Å². The summed E-state index contributed by atoms with van der Waals surface area (Å²) in [7, 11) is 1.16. The van der Waals surface area contributed by atoms with Gasteiger partial charge in [-0.1, -0.05) is 0 Å². The number of nitrogens with zero attached hydrogens (tertiary/aromatic N) is 2. The molecule has 0 atom stereocenters. The van der Waals surface area contributed by atoms with Crippen LogP contribution >= 0.6 is 0 Å².